The molecule has 0 saturated carbocycles. The van der Waals surface area contributed by atoms with Crippen LogP contribution in [0.15, 0.2) is 54.6 Å². The van der Waals surface area contributed by atoms with Gasteiger partial charge in [0.25, 0.3) is 0 Å². The van der Waals surface area contributed by atoms with Gasteiger partial charge >= 0.3 is 0 Å². The van der Waals surface area contributed by atoms with Gasteiger partial charge in [0.1, 0.15) is 5.75 Å². The number of hydrogen-bond donors (Lipinski definition) is 1. The molecule has 0 fully saturated rings. The Hall–Kier alpha value is -3.08. The average molecular weight is 338 g/mol. The average Bonchev–Trinajstić information content (AvgIpc) is 2.62. The summed E-state index contributed by atoms with van der Waals surface area (Å²) in [5, 5.41) is 2.79. The highest BCUT2D eigenvalue weighted by Gasteiger charge is 2.05. The van der Waals surface area contributed by atoms with E-state index in [0.717, 1.165) is 16.9 Å². The van der Waals surface area contributed by atoms with Crippen molar-refractivity contribution in [3.63, 3.8) is 0 Å². The molecule has 5 nitrogen and oxygen atoms in total. The van der Waals surface area contributed by atoms with Gasteiger partial charge in [-0.2, -0.15) is 0 Å². The molecule has 0 atom stereocenters. The molecule has 0 bridgehead atoms. The summed E-state index contributed by atoms with van der Waals surface area (Å²) in [4.78, 5) is 25.2. The van der Waals surface area contributed by atoms with Crippen molar-refractivity contribution in [2.45, 2.75) is 6.42 Å². The van der Waals surface area contributed by atoms with Crippen LogP contribution in [0.5, 0.6) is 5.75 Å². The second-order valence-electron chi connectivity index (χ2n) is 5.76. The summed E-state index contributed by atoms with van der Waals surface area (Å²) in [6, 6.07) is 14.7. The minimum Gasteiger partial charge on any atom is -0.497 e. The minimum atomic E-state index is -0.215. The third-order valence-corrected chi connectivity index (χ3v) is 3.62. The molecule has 0 heterocycles. The normalized spacial score (nSPS) is 10.5. The number of ether oxygens (including phenoxy) is 1. The second kappa shape index (κ2) is 8.68. The Balaban J connectivity index is 1.91. The van der Waals surface area contributed by atoms with Crippen LogP contribution in [0.2, 0.25) is 0 Å². The summed E-state index contributed by atoms with van der Waals surface area (Å²) in [6.07, 6.45) is 3.56. The lowest BCUT2D eigenvalue weighted by Gasteiger charge is -2.10. The van der Waals surface area contributed by atoms with Gasteiger partial charge in [0.2, 0.25) is 11.8 Å². The van der Waals surface area contributed by atoms with Crippen molar-refractivity contribution in [2.24, 2.45) is 0 Å². The molecule has 1 N–H and O–H groups in total. The van der Waals surface area contributed by atoms with Crippen molar-refractivity contribution in [3.8, 4) is 5.75 Å². The van der Waals surface area contributed by atoms with Crippen LogP contribution in [0.3, 0.4) is 0 Å². The molecule has 0 aliphatic carbocycles. The third-order valence-electron chi connectivity index (χ3n) is 3.62. The Bertz CT molecular complexity index is 748. The van der Waals surface area contributed by atoms with E-state index in [4.69, 9.17) is 4.74 Å². The van der Waals surface area contributed by atoms with E-state index in [1.54, 1.807) is 44.3 Å². The number of amides is 2. The van der Waals surface area contributed by atoms with Crippen molar-refractivity contribution in [3.05, 3.63) is 65.7 Å². The van der Waals surface area contributed by atoms with Crippen LogP contribution in [-0.4, -0.2) is 37.9 Å². The molecule has 2 amide bonds. The first kappa shape index (κ1) is 18.3. The van der Waals surface area contributed by atoms with Crippen LogP contribution in [0, 0.1) is 0 Å². The quantitative estimate of drug-likeness (QED) is 0.824. The molecule has 0 unspecified atom stereocenters. The summed E-state index contributed by atoms with van der Waals surface area (Å²) in [5.41, 5.74) is 2.50. The number of nitrogens with zero attached hydrogens (tertiary/aromatic N) is 1. The molecule has 25 heavy (non-hydrogen) atoms. The Morgan fingerprint density at radius 2 is 1.68 bits per heavy atom. The molecule has 0 aliphatic rings. The molecular weight excluding hydrogens is 316 g/mol. The second-order valence-corrected chi connectivity index (χ2v) is 5.76. The molecule has 0 radical (unpaired) electrons. The Morgan fingerprint density at radius 1 is 1.04 bits per heavy atom. The first-order chi connectivity index (χ1) is 12.0. The Morgan fingerprint density at radius 3 is 2.24 bits per heavy atom. The maximum absolute atomic E-state index is 12.0. The molecule has 2 aromatic carbocycles. The fraction of sp³-hybridized carbons (Fsp3) is 0.200. The standard InChI is InChI=1S/C20H22N2O3/c1-22(2)20(24)14-16-4-9-17(10-5-16)21-19(23)13-8-15-6-11-18(25-3)12-7-15/h4-13H,14H2,1-3H3,(H,21,23)/b13-8+. The topological polar surface area (TPSA) is 58.6 Å². The van der Waals surface area contributed by atoms with Gasteiger partial charge in [-0.1, -0.05) is 24.3 Å². The summed E-state index contributed by atoms with van der Waals surface area (Å²) in [7, 11) is 5.07. The van der Waals surface area contributed by atoms with Crippen molar-refractivity contribution in [1.29, 1.82) is 0 Å². The molecule has 0 aliphatic heterocycles. The van der Waals surface area contributed by atoms with E-state index in [9.17, 15) is 9.59 Å². The molecule has 2 rings (SSSR count). The number of rotatable bonds is 6. The molecule has 2 aromatic rings. The predicted molar refractivity (Wildman–Crippen MR) is 99.5 cm³/mol. The first-order valence-corrected chi connectivity index (χ1v) is 7.90. The van der Waals surface area contributed by atoms with Crippen LogP contribution >= 0.6 is 0 Å². The lowest BCUT2D eigenvalue weighted by atomic mass is 10.1. The number of benzene rings is 2. The summed E-state index contributed by atoms with van der Waals surface area (Å²) in [6.45, 7) is 0. The van der Waals surface area contributed by atoms with E-state index in [-0.39, 0.29) is 11.8 Å². The van der Waals surface area contributed by atoms with Crippen LogP contribution in [0.25, 0.3) is 6.08 Å². The Labute approximate surface area is 147 Å². The van der Waals surface area contributed by atoms with Gasteiger partial charge in [-0.3, -0.25) is 9.59 Å². The SMILES string of the molecule is COc1ccc(/C=C/C(=O)Nc2ccc(CC(=O)N(C)C)cc2)cc1. The van der Waals surface area contributed by atoms with Crippen LogP contribution < -0.4 is 10.1 Å². The summed E-state index contributed by atoms with van der Waals surface area (Å²) < 4.78 is 5.09. The first-order valence-electron chi connectivity index (χ1n) is 7.90. The number of anilines is 1. The highest BCUT2D eigenvalue weighted by molar-refractivity contribution is 6.01. The predicted octanol–water partition coefficient (Wildman–Crippen LogP) is 2.98. The smallest absolute Gasteiger partial charge is 0.248 e. The van der Waals surface area contributed by atoms with Gasteiger partial charge in [-0.25, -0.2) is 0 Å². The summed E-state index contributed by atoms with van der Waals surface area (Å²) >= 11 is 0. The number of carbonyl (C=O) groups excluding carboxylic acids is 2. The highest BCUT2D eigenvalue weighted by atomic mass is 16.5. The van der Waals surface area contributed by atoms with Gasteiger partial charge in [0, 0.05) is 25.9 Å². The highest BCUT2D eigenvalue weighted by Crippen LogP contribution is 2.13. The molecule has 0 saturated heterocycles. The van der Waals surface area contributed by atoms with Crippen molar-refractivity contribution >= 4 is 23.6 Å². The molecule has 0 aromatic heterocycles. The lowest BCUT2D eigenvalue weighted by molar-refractivity contribution is -0.128. The van der Waals surface area contributed by atoms with Crippen LogP contribution in [0.4, 0.5) is 5.69 Å². The van der Waals surface area contributed by atoms with Gasteiger partial charge < -0.3 is 15.0 Å². The lowest BCUT2D eigenvalue weighted by Crippen LogP contribution is -2.23. The van der Waals surface area contributed by atoms with Crippen LogP contribution in [0.1, 0.15) is 11.1 Å². The van der Waals surface area contributed by atoms with Crippen molar-refractivity contribution < 1.29 is 14.3 Å². The molecule has 0 spiro atoms. The van der Waals surface area contributed by atoms with Crippen molar-refractivity contribution in [1.82, 2.24) is 4.90 Å². The van der Waals surface area contributed by atoms with Crippen LogP contribution in [-0.2, 0) is 16.0 Å². The van der Waals surface area contributed by atoms with E-state index in [2.05, 4.69) is 5.32 Å². The van der Waals surface area contributed by atoms with E-state index < -0.39 is 0 Å². The van der Waals surface area contributed by atoms with Gasteiger partial charge in [-0.15, -0.1) is 0 Å². The Kier molecular flexibility index (Phi) is 6.34. The summed E-state index contributed by atoms with van der Waals surface area (Å²) in [5.74, 6) is 0.599. The van der Waals surface area contributed by atoms with Gasteiger partial charge in [0.15, 0.2) is 0 Å². The fourth-order valence-corrected chi connectivity index (χ4v) is 2.11. The number of carbonyl (C=O) groups is 2. The molecule has 130 valence electrons. The fourth-order valence-electron chi connectivity index (χ4n) is 2.11. The maximum Gasteiger partial charge on any atom is 0.248 e. The van der Waals surface area contributed by atoms with Gasteiger partial charge in [0.05, 0.1) is 13.5 Å². The monoisotopic (exact) mass is 338 g/mol. The van der Waals surface area contributed by atoms with E-state index >= 15 is 0 Å². The van der Waals surface area contributed by atoms with E-state index in [1.165, 1.54) is 6.08 Å². The largest absolute Gasteiger partial charge is 0.497 e. The van der Waals surface area contributed by atoms with Crippen molar-refractivity contribution in [2.75, 3.05) is 26.5 Å². The van der Waals surface area contributed by atoms with E-state index in [0.29, 0.717) is 12.1 Å². The maximum atomic E-state index is 12.0. The molecular formula is C20H22N2O3. The van der Waals surface area contributed by atoms with E-state index in [1.807, 2.05) is 36.4 Å². The molecule has 5 heteroatoms. The zero-order chi connectivity index (χ0) is 18.2. The number of methoxy groups -OCH3 is 1. The zero-order valence-electron chi connectivity index (χ0n) is 14.7. The minimum absolute atomic E-state index is 0.0409. The zero-order valence-corrected chi connectivity index (χ0v) is 14.7. The third kappa shape index (κ3) is 5.80. The number of nitrogens with one attached hydrogen (secondary N) is 1. The van der Waals surface area contributed by atoms with Gasteiger partial charge in [-0.05, 0) is 41.5 Å². The number of likely N-dealkylation sites (N-methyl/N-ethyl adjacent to an activating group) is 1. The number of hydrogen-bond acceptors (Lipinski definition) is 3.